The maximum atomic E-state index is 9.87. The third kappa shape index (κ3) is 1.05. The molecule has 1 saturated carbocycles. The van der Waals surface area contributed by atoms with E-state index in [0.717, 1.165) is 24.8 Å². The fraction of sp³-hybridized carbons (Fsp3) is 0.400. The van der Waals surface area contributed by atoms with E-state index in [4.69, 9.17) is 0 Å². The molecule has 0 aliphatic heterocycles. The minimum atomic E-state index is -0.505. The van der Waals surface area contributed by atoms with Crippen LogP contribution in [0, 0.1) is 6.07 Å². The molecule has 0 unspecified atom stereocenters. The average molecular weight is 147 g/mol. The largest absolute Gasteiger partial charge is 0.385 e. The molecule has 11 heavy (non-hydrogen) atoms. The lowest BCUT2D eigenvalue weighted by Crippen LogP contribution is -2.33. The Bertz CT molecular complexity index is 236. The van der Waals surface area contributed by atoms with Crippen LogP contribution in [0.1, 0.15) is 24.8 Å². The minimum Gasteiger partial charge on any atom is -0.385 e. The molecular weight excluding hydrogens is 136 g/mol. The molecular formula is C10H11O. The molecule has 1 aliphatic rings. The Balaban J connectivity index is 2.29. The van der Waals surface area contributed by atoms with Crippen molar-refractivity contribution >= 4 is 0 Å². The monoisotopic (exact) mass is 147 g/mol. The van der Waals surface area contributed by atoms with Crippen LogP contribution >= 0.6 is 0 Å². The lowest BCUT2D eigenvalue weighted by molar-refractivity contribution is -0.0387. The van der Waals surface area contributed by atoms with Crippen LogP contribution in [0.2, 0.25) is 0 Å². The maximum Gasteiger partial charge on any atom is 0.0896 e. The van der Waals surface area contributed by atoms with Gasteiger partial charge >= 0.3 is 0 Å². The lowest BCUT2D eigenvalue weighted by atomic mass is 9.75. The number of hydrogen-bond donors (Lipinski definition) is 1. The zero-order valence-electron chi connectivity index (χ0n) is 6.38. The molecule has 1 radical (unpaired) electrons. The fourth-order valence-electron chi connectivity index (χ4n) is 1.50. The molecule has 1 aliphatic carbocycles. The minimum absolute atomic E-state index is 0.505. The van der Waals surface area contributed by atoms with Crippen molar-refractivity contribution in [3.05, 3.63) is 35.9 Å². The van der Waals surface area contributed by atoms with E-state index in [1.807, 2.05) is 24.3 Å². The Morgan fingerprint density at radius 1 is 1.27 bits per heavy atom. The SMILES string of the molecule is OC1(c2cc[c]cc2)CCC1. The van der Waals surface area contributed by atoms with Crippen molar-refractivity contribution in [1.82, 2.24) is 0 Å². The summed E-state index contributed by atoms with van der Waals surface area (Å²) in [7, 11) is 0. The highest BCUT2D eigenvalue weighted by molar-refractivity contribution is 5.23. The summed E-state index contributed by atoms with van der Waals surface area (Å²) in [5, 5.41) is 9.87. The topological polar surface area (TPSA) is 20.2 Å². The molecule has 1 nitrogen and oxygen atoms in total. The zero-order chi connectivity index (χ0) is 7.73. The molecule has 0 aromatic heterocycles. The molecule has 1 aromatic carbocycles. The van der Waals surface area contributed by atoms with Crippen molar-refractivity contribution in [3.63, 3.8) is 0 Å². The number of hydrogen-bond acceptors (Lipinski definition) is 1. The summed E-state index contributed by atoms with van der Waals surface area (Å²) in [4.78, 5) is 0. The predicted molar refractivity (Wildman–Crippen MR) is 43.0 cm³/mol. The van der Waals surface area contributed by atoms with E-state index in [1.165, 1.54) is 0 Å². The first kappa shape index (κ1) is 6.86. The maximum absolute atomic E-state index is 9.87. The molecule has 1 aromatic rings. The van der Waals surface area contributed by atoms with Crippen LogP contribution in [0.3, 0.4) is 0 Å². The molecule has 1 N–H and O–H groups in total. The Kier molecular flexibility index (Phi) is 1.46. The van der Waals surface area contributed by atoms with E-state index in [1.54, 1.807) is 0 Å². The molecule has 0 spiro atoms. The van der Waals surface area contributed by atoms with Crippen LogP contribution < -0.4 is 0 Å². The van der Waals surface area contributed by atoms with E-state index in [-0.39, 0.29) is 0 Å². The second kappa shape index (κ2) is 2.35. The second-order valence-electron chi connectivity index (χ2n) is 3.17. The van der Waals surface area contributed by atoms with Crippen LogP contribution in [0.15, 0.2) is 24.3 Å². The molecule has 0 amide bonds. The number of aliphatic hydroxyl groups is 1. The first-order valence-corrected chi connectivity index (χ1v) is 4.00. The summed E-state index contributed by atoms with van der Waals surface area (Å²) in [6.45, 7) is 0. The van der Waals surface area contributed by atoms with Gasteiger partial charge in [0.2, 0.25) is 0 Å². The van der Waals surface area contributed by atoms with Crippen molar-refractivity contribution < 1.29 is 5.11 Å². The summed E-state index contributed by atoms with van der Waals surface area (Å²) in [6, 6.07) is 10.5. The highest BCUT2D eigenvalue weighted by atomic mass is 16.3. The molecule has 1 heteroatoms. The van der Waals surface area contributed by atoms with Crippen molar-refractivity contribution in [2.24, 2.45) is 0 Å². The van der Waals surface area contributed by atoms with Crippen molar-refractivity contribution in [1.29, 1.82) is 0 Å². The van der Waals surface area contributed by atoms with Crippen molar-refractivity contribution in [2.75, 3.05) is 0 Å². The van der Waals surface area contributed by atoms with Gasteiger partial charge in [0.15, 0.2) is 0 Å². The van der Waals surface area contributed by atoms with E-state index in [0.29, 0.717) is 0 Å². The van der Waals surface area contributed by atoms with Crippen molar-refractivity contribution in [2.45, 2.75) is 24.9 Å². The van der Waals surface area contributed by atoms with Gasteiger partial charge in [0, 0.05) is 0 Å². The Morgan fingerprint density at radius 2 is 1.91 bits per heavy atom. The molecule has 0 heterocycles. The van der Waals surface area contributed by atoms with E-state index < -0.39 is 5.60 Å². The highest BCUT2D eigenvalue weighted by Crippen LogP contribution is 2.40. The van der Waals surface area contributed by atoms with Gasteiger partial charge in [0.1, 0.15) is 0 Å². The fourth-order valence-corrected chi connectivity index (χ4v) is 1.50. The Morgan fingerprint density at radius 3 is 2.36 bits per heavy atom. The molecule has 2 rings (SSSR count). The summed E-state index contributed by atoms with van der Waals surface area (Å²) < 4.78 is 0. The summed E-state index contributed by atoms with van der Waals surface area (Å²) in [5.41, 5.74) is 0.539. The summed E-state index contributed by atoms with van der Waals surface area (Å²) in [6.07, 6.45) is 2.98. The smallest absolute Gasteiger partial charge is 0.0896 e. The van der Waals surface area contributed by atoms with Crippen LogP contribution in [0.25, 0.3) is 0 Å². The normalized spacial score (nSPS) is 20.8. The Hall–Kier alpha value is -0.820. The van der Waals surface area contributed by atoms with Crippen LogP contribution in [-0.4, -0.2) is 5.11 Å². The lowest BCUT2D eigenvalue weighted by Gasteiger charge is -2.36. The van der Waals surface area contributed by atoms with Gasteiger partial charge in [-0.15, -0.1) is 0 Å². The number of benzene rings is 1. The van der Waals surface area contributed by atoms with E-state index in [9.17, 15) is 5.11 Å². The first-order valence-electron chi connectivity index (χ1n) is 4.00. The molecule has 0 bridgehead atoms. The van der Waals surface area contributed by atoms with Gasteiger partial charge in [-0.25, -0.2) is 0 Å². The zero-order valence-corrected chi connectivity index (χ0v) is 6.38. The van der Waals surface area contributed by atoms with Crippen LogP contribution in [0.4, 0.5) is 0 Å². The molecule has 57 valence electrons. The standard InChI is InChI=1S/C10H11O/c11-10(7-4-8-10)9-5-2-1-3-6-9/h2-3,5-6,11H,4,7-8H2. The summed E-state index contributed by atoms with van der Waals surface area (Å²) in [5.74, 6) is 0. The third-order valence-corrected chi connectivity index (χ3v) is 2.44. The number of rotatable bonds is 1. The van der Waals surface area contributed by atoms with Crippen LogP contribution in [-0.2, 0) is 5.60 Å². The van der Waals surface area contributed by atoms with Crippen molar-refractivity contribution in [3.8, 4) is 0 Å². The average Bonchev–Trinajstić information content (AvgIpc) is 2.02. The van der Waals surface area contributed by atoms with Gasteiger partial charge in [-0.1, -0.05) is 24.3 Å². The van der Waals surface area contributed by atoms with Gasteiger partial charge in [0.25, 0.3) is 0 Å². The molecule has 1 fully saturated rings. The van der Waals surface area contributed by atoms with Gasteiger partial charge in [-0.05, 0) is 30.9 Å². The quantitative estimate of drug-likeness (QED) is 0.642. The predicted octanol–water partition coefficient (Wildman–Crippen LogP) is 1.86. The van der Waals surface area contributed by atoms with Crippen LogP contribution in [0.5, 0.6) is 0 Å². The van der Waals surface area contributed by atoms with Gasteiger partial charge in [-0.3, -0.25) is 0 Å². The second-order valence-corrected chi connectivity index (χ2v) is 3.17. The molecule has 0 atom stereocenters. The van der Waals surface area contributed by atoms with E-state index in [2.05, 4.69) is 6.07 Å². The van der Waals surface area contributed by atoms with Gasteiger partial charge in [0.05, 0.1) is 5.60 Å². The van der Waals surface area contributed by atoms with Gasteiger partial charge < -0.3 is 5.11 Å². The first-order chi connectivity index (χ1) is 5.31. The highest BCUT2D eigenvalue weighted by Gasteiger charge is 2.35. The molecule has 0 saturated heterocycles. The van der Waals surface area contributed by atoms with E-state index >= 15 is 0 Å². The summed E-state index contributed by atoms with van der Waals surface area (Å²) >= 11 is 0. The Labute approximate surface area is 66.7 Å². The van der Waals surface area contributed by atoms with Gasteiger partial charge in [-0.2, -0.15) is 0 Å². The third-order valence-electron chi connectivity index (χ3n) is 2.44.